The summed E-state index contributed by atoms with van der Waals surface area (Å²) in [5.41, 5.74) is 2.52. The molecule has 0 spiro atoms. The van der Waals surface area contributed by atoms with E-state index in [1.165, 1.54) is 0 Å². The zero-order valence-electron chi connectivity index (χ0n) is 11.8. The van der Waals surface area contributed by atoms with Gasteiger partial charge < -0.3 is 0 Å². The number of hydrogen-bond donors (Lipinski definition) is 0. The molecule has 0 aliphatic rings. The fraction of sp³-hybridized carbons (Fsp3) is 0. The van der Waals surface area contributed by atoms with Gasteiger partial charge in [-0.2, -0.15) is 0 Å². The lowest BCUT2D eigenvalue weighted by molar-refractivity contribution is 1.16. The van der Waals surface area contributed by atoms with Gasteiger partial charge in [0.25, 0.3) is 5.56 Å². The Morgan fingerprint density at radius 3 is 2.61 bits per heavy atom. The summed E-state index contributed by atoms with van der Waals surface area (Å²) in [6.07, 6.45) is 1.73. The number of benzene rings is 2. The first-order valence-electron chi connectivity index (χ1n) is 7.01. The number of rotatable bonds is 1. The average Bonchev–Trinajstić information content (AvgIpc) is 3.01. The van der Waals surface area contributed by atoms with Crippen molar-refractivity contribution < 1.29 is 0 Å². The second kappa shape index (κ2) is 5.37. The van der Waals surface area contributed by atoms with Crippen molar-refractivity contribution in [3.8, 4) is 11.3 Å². The Hall–Kier alpha value is -2.36. The van der Waals surface area contributed by atoms with Crippen LogP contribution in [0.1, 0.15) is 0 Å². The zero-order chi connectivity index (χ0) is 16.0. The third-order valence-electron chi connectivity index (χ3n) is 3.78. The maximum Gasteiger partial charge on any atom is 0.264 e. The van der Waals surface area contributed by atoms with E-state index < -0.39 is 0 Å². The van der Waals surface area contributed by atoms with Crippen LogP contribution in [0, 0.1) is 0 Å². The van der Waals surface area contributed by atoms with Gasteiger partial charge in [-0.15, -0.1) is 0 Å². The Labute approximate surface area is 141 Å². The predicted octanol–water partition coefficient (Wildman–Crippen LogP) is 4.82. The van der Waals surface area contributed by atoms with Crippen LogP contribution in [-0.2, 0) is 0 Å². The van der Waals surface area contributed by atoms with E-state index in [0.29, 0.717) is 37.7 Å². The molecule has 0 radical (unpaired) electrons. The molecule has 23 heavy (non-hydrogen) atoms. The summed E-state index contributed by atoms with van der Waals surface area (Å²) in [7, 11) is 0. The molecule has 0 saturated heterocycles. The Bertz CT molecular complexity index is 1120. The third kappa shape index (κ3) is 2.21. The first kappa shape index (κ1) is 14.2. The highest BCUT2D eigenvalue weighted by molar-refractivity contribution is 6.43. The van der Waals surface area contributed by atoms with E-state index in [0.717, 1.165) is 0 Å². The predicted molar refractivity (Wildman–Crippen MR) is 94.4 cm³/mol. The van der Waals surface area contributed by atoms with Gasteiger partial charge in [0.2, 0.25) is 0 Å². The Kier molecular flexibility index (Phi) is 3.33. The summed E-state index contributed by atoms with van der Waals surface area (Å²) in [5, 5.41) is 1.43. The number of hydrogen-bond acceptors (Lipinski definition) is 2. The molecule has 112 valence electrons. The molecular formula is C18H10Cl2N2O. The molecular weight excluding hydrogens is 331 g/mol. The van der Waals surface area contributed by atoms with Crippen molar-refractivity contribution in [3.05, 3.63) is 81.2 Å². The number of nitrogens with zero attached hydrogens (tertiary/aromatic N) is 2. The van der Waals surface area contributed by atoms with Crippen LogP contribution >= 0.6 is 23.2 Å². The minimum Gasteiger partial charge on any atom is -0.282 e. The fourth-order valence-electron chi connectivity index (χ4n) is 2.70. The maximum atomic E-state index is 12.7. The highest BCUT2D eigenvalue weighted by atomic mass is 35.5. The van der Waals surface area contributed by atoms with E-state index in [9.17, 15) is 4.79 Å². The lowest BCUT2D eigenvalue weighted by Crippen LogP contribution is -2.08. The molecule has 0 N–H and O–H groups in total. The lowest BCUT2D eigenvalue weighted by atomic mass is 10.1. The van der Waals surface area contributed by atoms with Crippen molar-refractivity contribution in [1.82, 2.24) is 9.38 Å². The largest absolute Gasteiger partial charge is 0.282 e. The monoisotopic (exact) mass is 340 g/mol. The van der Waals surface area contributed by atoms with Gasteiger partial charge in [-0.3, -0.25) is 9.20 Å². The lowest BCUT2D eigenvalue weighted by Gasteiger charge is -2.05. The van der Waals surface area contributed by atoms with Crippen molar-refractivity contribution in [2.24, 2.45) is 0 Å². The van der Waals surface area contributed by atoms with Crippen molar-refractivity contribution in [1.29, 1.82) is 0 Å². The molecule has 2 aromatic carbocycles. The number of fused-ring (bicyclic) bond motifs is 2. The van der Waals surface area contributed by atoms with Crippen LogP contribution < -0.4 is 5.56 Å². The summed E-state index contributed by atoms with van der Waals surface area (Å²) in [5.74, 6) is 0. The number of halogens is 2. The smallest absolute Gasteiger partial charge is 0.264 e. The molecule has 0 saturated carbocycles. The molecule has 0 fully saturated rings. The van der Waals surface area contributed by atoms with Gasteiger partial charge in [-0.1, -0.05) is 47.5 Å². The van der Waals surface area contributed by atoms with Gasteiger partial charge in [0, 0.05) is 11.8 Å². The molecule has 4 aromatic rings. The summed E-state index contributed by atoms with van der Waals surface area (Å²) < 4.78 is 1.59. The first-order chi connectivity index (χ1) is 11.2. The zero-order valence-corrected chi connectivity index (χ0v) is 13.3. The quantitative estimate of drug-likeness (QED) is 0.497. The topological polar surface area (TPSA) is 34.4 Å². The van der Waals surface area contributed by atoms with Crippen LogP contribution in [0.2, 0.25) is 10.0 Å². The standard InChI is InChI=1S/C18H10Cl2N2O/c19-13-7-3-6-12(16(13)20)17-15-9-4-10-22(15)18(23)11-5-1-2-8-14(11)21-17/h1-10H. The van der Waals surface area contributed by atoms with Crippen LogP contribution in [0.4, 0.5) is 0 Å². The van der Waals surface area contributed by atoms with Crippen molar-refractivity contribution in [2.75, 3.05) is 0 Å². The molecule has 0 bridgehead atoms. The number of aromatic nitrogens is 2. The molecule has 2 aromatic heterocycles. The van der Waals surface area contributed by atoms with Crippen LogP contribution in [0.3, 0.4) is 0 Å². The van der Waals surface area contributed by atoms with Gasteiger partial charge in [-0.05, 0) is 30.3 Å². The van der Waals surface area contributed by atoms with Crippen LogP contribution in [0.25, 0.3) is 27.7 Å². The number of para-hydroxylation sites is 1. The summed E-state index contributed by atoms with van der Waals surface area (Å²) in [6.45, 7) is 0. The maximum absolute atomic E-state index is 12.7. The van der Waals surface area contributed by atoms with E-state index in [-0.39, 0.29) is 5.56 Å². The minimum absolute atomic E-state index is 0.113. The Morgan fingerprint density at radius 2 is 1.74 bits per heavy atom. The third-order valence-corrected chi connectivity index (χ3v) is 4.60. The summed E-state index contributed by atoms with van der Waals surface area (Å²) >= 11 is 12.5. The van der Waals surface area contributed by atoms with Crippen LogP contribution in [-0.4, -0.2) is 9.38 Å². The van der Waals surface area contributed by atoms with Gasteiger partial charge in [0.15, 0.2) is 0 Å². The molecule has 4 rings (SSSR count). The van der Waals surface area contributed by atoms with E-state index in [1.54, 1.807) is 22.7 Å². The SMILES string of the molecule is O=c1c2ccccc2nc(-c2cccc(Cl)c2Cl)c2cccn12. The average molecular weight is 341 g/mol. The van der Waals surface area contributed by atoms with Gasteiger partial charge >= 0.3 is 0 Å². The second-order valence-corrected chi connectivity index (χ2v) is 5.93. The van der Waals surface area contributed by atoms with E-state index in [4.69, 9.17) is 28.2 Å². The fourth-order valence-corrected chi connectivity index (χ4v) is 3.09. The van der Waals surface area contributed by atoms with E-state index >= 15 is 0 Å². The van der Waals surface area contributed by atoms with Crippen molar-refractivity contribution in [3.63, 3.8) is 0 Å². The van der Waals surface area contributed by atoms with Gasteiger partial charge in [-0.25, -0.2) is 4.98 Å². The highest BCUT2D eigenvalue weighted by Crippen LogP contribution is 2.34. The van der Waals surface area contributed by atoms with Gasteiger partial charge in [0.1, 0.15) is 0 Å². The minimum atomic E-state index is -0.113. The molecule has 0 atom stereocenters. The summed E-state index contributed by atoms with van der Waals surface area (Å²) in [4.78, 5) is 17.5. The van der Waals surface area contributed by atoms with E-state index in [2.05, 4.69) is 0 Å². The second-order valence-electron chi connectivity index (χ2n) is 5.15. The summed E-state index contributed by atoms with van der Waals surface area (Å²) in [6, 6.07) is 16.3. The van der Waals surface area contributed by atoms with E-state index in [1.807, 2.05) is 42.5 Å². The first-order valence-corrected chi connectivity index (χ1v) is 7.77. The normalized spacial score (nSPS) is 11.2. The molecule has 0 unspecified atom stereocenters. The molecule has 0 amide bonds. The van der Waals surface area contributed by atoms with Crippen molar-refractivity contribution in [2.45, 2.75) is 0 Å². The van der Waals surface area contributed by atoms with Gasteiger partial charge in [0.05, 0.1) is 32.2 Å². The molecule has 3 nitrogen and oxygen atoms in total. The van der Waals surface area contributed by atoms with Crippen LogP contribution in [0.15, 0.2) is 65.6 Å². The molecule has 0 aliphatic heterocycles. The molecule has 0 aliphatic carbocycles. The highest BCUT2D eigenvalue weighted by Gasteiger charge is 2.14. The molecule has 2 heterocycles. The van der Waals surface area contributed by atoms with Crippen molar-refractivity contribution >= 4 is 39.6 Å². The Balaban J connectivity index is 2.26. The molecule has 5 heteroatoms. The Morgan fingerprint density at radius 1 is 0.913 bits per heavy atom. The van der Waals surface area contributed by atoms with Crippen LogP contribution in [0.5, 0.6) is 0 Å².